The quantitative estimate of drug-likeness (QED) is 0.439. The van der Waals surface area contributed by atoms with Crippen LogP contribution in [0.3, 0.4) is 0 Å². The van der Waals surface area contributed by atoms with Gasteiger partial charge in [-0.25, -0.2) is 0 Å². The number of amides is 1. The first-order chi connectivity index (χ1) is 10.0. The predicted molar refractivity (Wildman–Crippen MR) is 83.0 cm³/mol. The van der Waals surface area contributed by atoms with Gasteiger partial charge in [0.25, 0.3) is 5.91 Å². The van der Waals surface area contributed by atoms with Crippen molar-refractivity contribution in [3.05, 3.63) is 29.8 Å². The highest BCUT2D eigenvalue weighted by Crippen LogP contribution is 2.12. The topological polar surface area (TPSA) is 70.9 Å². The van der Waals surface area contributed by atoms with E-state index in [0.29, 0.717) is 30.3 Å². The molecule has 1 aromatic carbocycles. The molecule has 2 N–H and O–H groups in total. The third-order valence-corrected chi connectivity index (χ3v) is 2.97. The summed E-state index contributed by atoms with van der Waals surface area (Å²) < 4.78 is 5.42. The third kappa shape index (κ3) is 7.34. The highest BCUT2D eigenvalue weighted by Gasteiger charge is 2.03. The van der Waals surface area contributed by atoms with Gasteiger partial charge in [-0.1, -0.05) is 31.1 Å². The zero-order valence-corrected chi connectivity index (χ0v) is 12.9. The Labute approximate surface area is 126 Å². The number of nitrogens with zero attached hydrogens (tertiary/aromatic N) is 1. The smallest absolute Gasteiger partial charge is 0.257 e. The Morgan fingerprint density at radius 2 is 2.00 bits per heavy atom. The summed E-state index contributed by atoms with van der Waals surface area (Å²) in [6, 6.07) is 7.39. The molecule has 5 heteroatoms. The lowest BCUT2D eigenvalue weighted by molar-refractivity contribution is -0.123. The van der Waals surface area contributed by atoms with E-state index in [-0.39, 0.29) is 12.5 Å². The Hall–Kier alpha value is -2.04. The summed E-state index contributed by atoms with van der Waals surface area (Å²) in [4.78, 5) is 11.6. The molecular weight excluding hydrogens is 268 g/mol. The molecule has 1 rings (SSSR count). The van der Waals surface area contributed by atoms with E-state index in [2.05, 4.69) is 24.3 Å². The lowest BCUT2D eigenvalue weighted by Gasteiger charge is -2.09. The zero-order valence-electron chi connectivity index (χ0n) is 12.9. The van der Waals surface area contributed by atoms with Crippen LogP contribution in [0.25, 0.3) is 0 Å². The summed E-state index contributed by atoms with van der Waals surface area (Å²) in [7, 11) is 0. The van der Waals surface area contributed by atoms with E-state index < -0.39 is 0 Å². The molecule has 0 unspecified atom stereocenters. The molecule has 0 fully saturated rings. The van der Waals surface area contributed by atoms with E-state index in [4.69, 9.17) is 9.94 Å². The van der Waals surface area contributed by atoms with Crippen LogP contribution in [0.4, 0.5) is 0 Å². The van der Waals surface area contributed by atoms with Crippen LogP contribution in [0.2, 0.25) is 0 Å². The SMILES string of the molecule is C/C(Cc1ccc(OCC(=O)NCCC(C)C)cc1)=N\O. The molecule has 21 heavy (non-hydrogen) atoms. The maximum Gasteiger partial charge on any atom is 0.257 e. The summed E-state index contributed by atoms with van der Waals surface area (Å²) in [5, 5.41) is 14.6. The van der Waals surface area contributed by atoms with Crippen LogP contribution < -0.4 is 10.1 Å². The van der Waals surface area contributed by atoms with Crippen molar-refractivity contribution in [3.8, 4) is 5.75 Å². The maximum absolute atomic E-state index is 11.6. The first kappa shape index (κ1) is 17.0. The summed E-state index contributed by atoms with van der Waals surface area (Å²) in [5.74, 6) is 1.11. The van der Waals surface area contributed by atoms with Gasteiger partial charge in [0.15, 0.2) is 6.61 Å². The molecule has 0 atom stereocenters. The third-order valence-electron chi connectivity index (χ3n) is 2.97. The average molecular weight is 292 g/mol. The maximum atomic E-state index is 11.6. The number of ether oxygens (including phenoxy) is 1. The van der Waals surface area contributed by atoms with Gasteiger partial charge in [0.2, 0.25) is 0 Å². The van der Waals surface area contributed by atoms with E-state index in [9.17, 15) is 4.79 Å². The number of carbonyl (C=O) groups excluding carboxylic acids is 1. The highest BCUT2D eigenvalue weighted by atomic mass is 16.5. The van der Waals surface area contributed by atoms with Crippen LogP contribution in [0.15, 0.2) is 29.4 Å². The van der Waals surface area contributed by atoms with Crippen LogP contribution in [0, 0.1) is 5.92 Å². The van der Waals surface area contributed by atoms with Gasteiger partial charge in [-0.3, -0.25) is 4.79 Å². The lowest BCUT2D eigenvalue weighted by atomic mass is 10.1. The van der Waals surface area contributed by atoms with Crippen molar-refractivity contribution in [1.29, 1.82) is 0 Å². The molecule has 116 valence electrons. The van der Waals surface area contributed by atoms with Crippen molar-refractivity contribution in [3.63, 3.8) is 0 Å². The summed E-state index contributed by atoms with van der Waals surface area (Å²) in [6.45, 7) is 6.69. The van der Waals surface area contributed by atoms with E-state index >= 15 is 0 Å². The number of oxime groups is 1. The Morgan fingerprint density at radius 1 is 1.33 bits per heavy atom. The van der Waals surface area contributed by atoms with Gasteiger partial charge in [0.1, 0.15) is 5.75 Å². The standard InChI is InChI=1S/C16H24N2O3/c1-12(2)8-9-17-16(19)11-21-15-6-4-14(5-7-15)10-13(3)18-20/h4-7,12,20H,8-11H2,1-3H3,(H,17,19)/b18-13+. The molecule has 0 radical (unpaired) electrons. The first-order valence-corrected chi connectivity index (χ1v) is 7.17. The van der Waals surface area contributed by atoms with Crippen molar-refractivity contribution in [2.45, 2.75) is 33.6 Å². The molecule has 0 saturated carbocycles. The molecule has 0 saturated heterocycles. The van der Waals surface area contributed by atoms with E-state index in [0.717, 1.165) is 12.0 Å². The Morgan fingerprint density at radius 3 is 2.57 bits per heavy atom. The van der Waals surface area contributed by atoms with Crippen LogP contribution >= 0.6 is 0 Å². The number of benzene rings is 1. The molecule has 0 aliphatic heterocycles. The van der Waals surface area contributed by atoms with E-state index in [1.54, 1.807) is 19.1 Å². The number of hydrogen-bond donors (Lipinski definition) is 2. The van der Waals surface area contributed by atoms with Gasteiger partial charge in [-0.2, -0.15) is 0 Å². The summed E-state index contributed by atoms with van der Waals surface area (Å²) in [5.41, 5.74) is 1.67. The predicted octanol–water partition coefficient (Wildman–Crippen LogP) is 2.62. The van der Waals surface area contributed by atoms with Gasteiger partial charge in [-0.15, -0.1) is 0 Å². The number of rotatable bonds is 8. The Kier molecular flexibility index (Phi) is 7.29. The minimum Gasteiger partial charge on any atom is -0.484 e. The van der Waals surface area contributed by atoms with Crippen LogP contribution in [-0.2, 0) is 11.2 Å². The molecular formula is C16H24N2O3. The van der Waals surface area contributed by atoms with Crippen LogP contribution in [0.5, 0.6) is 5.75 Å². The summed E-state index contributed by atoms with van der Waals surface area (Å²) in [6.07, 6.45) is 1.55. The fraction of sp³-hybridized carbons (Fsp3) is 0.500. The Bertz CT molecular complexity index is 467. The monoisotopic (exact) mass is 292 g/mol. The molecule has 1 aromatic rings. The highest BCUT2D eigenvalue weighted by molar-refractivity contribution is 5.83. The molecule has 0 spiro atoms. The van der Waals surface area contributed by atoms with Gasteiger partial charge in [-0.05, 0) is 37.0 Å². The van der Waals surface area contributed by atoms with Crippen molar-refractivity contribution < 1.29 is 14.7 Å². The van der Waals surface area contributed by atoms with Gasteiger partial charge in [0.05, 0.1) is 5.71 Å². The van der Waals surface area contributed by atoms with E-state index in [1.807, 2.05) is 12.1 Å². The zero-order chi connectivity index (χ0) is 15.7. The minimum absolute atomic E-state index is 0.0224. The van der Waals surface area contributed by atoms with Crippen molar-refractivity contribution in [2.24, 2.45) is 11.1 Å². The molecule has 0 bridgehead atoms. The molecule has 1 amide bonds. The molecule has 0 aromatic heterocycles. The minimum atomic E-state index is -0.108. The second kappa shape index (κ2) is 9.00. The second-order valence-corrected chi connectivity index (χ2v) is 5.48. The van der Waals surface area contributed by atoms with Crippen LogP contribution in [0.1, 0.15) is 32.8 Å². The van der Waals surface area contributed by atoms with Crippen molar-refractivity contribution >= 4 is 11.6 Å². The van der Waals surface area contributed by atoms with E-state index in [1.165, 1.54) is 0 Å². The van der Waals surface area contributed by atoms with Crippen molar-refractivity contribution in [1.82, 2.24) is 5.32 Å². The van der Waals surface area contributed by atoms with Gasteiger partial charge >= 0.3 is 0 Å². The fourth-order valence-electron chi connectivity index (χ4n) is 1.73. The van der Waals surface area contributed by atoms with Crippen LogP contribution in [-0.4, -0.2) is 30.0 Å². The molecule has 0 heterocycles. The molecule has 0 aliphatic rings. The normalized spacial score (nSPS) is 11.5. The largest absolute Gasteiger partial charge is 0.484 e. The Balaban J connectivity index is 2.34. The molecule has 0 aliphatic carbocycles. The van der Waals surface area contributed by atoms with Crippen molar-refractivity contribution in [2.75, 3.05) is 13.2 Å². The van der Waals surface area contributed by atoms with Gasteiger partial charge in [0, 0.05) is 13.0 Å². The summed E-state index contributed by atoms with van der Waals surface area (Å²) >= 11 is 0. The second-order valence-electron chi connectivity index (χ2n) is 5.48. The first-order valence-electron chi connectivity index (χ1n) is 7.17. The number of nitrogens with one attached hydrogen (secondary N) is 1. The molecule has 5 nitrogen and oxygen atoms in total. The van der Waals surface area contributed by atoms with Gasteiger partial charge < -0.3 is 15.3 Å². The fourth-order valence-corrected chi connectivity index (χ4v) is 1.73. The number of carbonyl (C=O) groups is 1. The lowest BCUT2D eigenvalue weighted by Crippen LogP contribution is -2.30. The number of hydrogen-bond acceptors (Lipinski definition) is 4. The average Bonchev–Trinajstić information content (AvgIpc) is 2.46.